The molecule has 3 rings (SSSR count). The zero-order valence-electron chi connectivity index (χ0n) is 14.4. The molecule has 1 aliphatic heterocycles. The van der Waals surface area contributed by atoms with Gasteiger partial charge in [-0.05, 0) is 44.0 Å². The number of furan rings is 1. The number of hydrogen-bond donors (Lipinski definition) is 2. The van der Waals surface area contributed by atoms with E-state index in [-0.39, 0.29) is 37.5 Å². The Morgan fingerprint density at radius 3 is 2.84 bits per heavy atom. The first kappa shape index (κ1) is 17.5. The first-order valence-electron chi connectivity index (χ1n) is 8.36. The van der Waals surface area contributed by atoms with Crippen LogP contribution >= 0.6 is 0 Å². The number of hydrogen-bond acceptors (Lipinski definition) is 5. The van der Waals surface area contributed by atoms with Crippen molar-refractivity contribution in [2.75, 3.05) is 13.2 Å². The molecule has 0 saturated carbocycles. The average molecular weight is 345 g/mol. The minimum atomic E-state index is -0.608. The van der Waals surface area contributed by atoms with E-state index in [1.54, 1.807) is 12.1 Å². The Morgan fingerprint density at radius 1 is 1.32 bits per heavy atom. The molecule has 0 spiro atoms. The maximum absolute atomic E-state index is 12.5. The minimum Gasteiger partial charge on any atom is -0.485 e. The first-order chi connectivity index (χ1) is 12.0. The Balaban J connectivity index is 1.65. The van der Waals surface area contributed by atoms with Crippen LogP contribution in [0.2, 0.25) is 0 Å². The third-order valence-electron chi connectivity index (χ3n) is 4.44. The zero-order valence-corrected chi connectivity index (χ0v) is 14.4. The van der Waals surface area contributed by atoms with Gasteiger partial charge in [-0.1, -0.05) is 17.7 Å². The van der Waals surface area contributed by atoms with Gasteiger partial charge in [-0.15, -0.1) is 0 Å². The summed E-state index contributed by atoms with van der Waals surface area (Å²) in [4.78, 5) is 14.0. The van der Waals surface area contributed by atoms with E-state index in [9.17, 15) is 15.0 Å². The minimum absolute atomic E-state index is 0.174. The number of aryl methyl sites for hydroxylation is 2. The summed E-state index contributed by atoms with van der Waals surface area (Å²) in [7, 11) is 0. The van der Waals surface area contributed by atoms with Crippen LogP contribution in [0.4, 0.5) is 0 Å². The zero-order chi connectivity index (χ0) is 18.0. The van der Waals surface area contributed by atoms with Crippen molar-refractivity contribution in [2.24, 2.45) is 0 Å². The smallest absolute Gasteiger partial charge is 0.289 e. The van der Waals surface area contributed by atoms with Gasteiger partial charge in [0, 0.05) is 6.54 Å². The van der Waals surface area contributed by atoms with Gasteiger partial charge in [0.2, 0.25) is 0 Å². The summed E-state index contributed by atoms with van der Waals surface area (Å²) in [6.07, 6.45) is -0.227. The molecule has 6 nitrogen and oxygen atoms in total. The molecular formula is C19H23NO5. The number of β-amino-alcohol motifs (C(OH)–C–C–N with tert-alkyl or cyclic N) is 1. The van der Waals surface area contributed by atoms with Crippen molar-refractivity contribution in [3.05, 3.63) is 53.0 Å². The predicted octanol–water partition coefficient (Wildman–Crippen LogP) is 2.04. The third kappa shape index (κ3) is 3.86. The molecule has 6 heteroatoms. The molecule has 0 aliphatic carbocycles. The molecule has 25 heavy (non-hydrogen) atoms. The van der Waals surface area contributed by atoms with Crippen LogP contribution in [0.25, 0.3) is 0 Å². The quantitative estimate of drug-likeness (QED) is 0.866. The highest BCUT2D eigenvalue weighted by atomic mass is 16.5. The van der Waals surface area contributed by atoms with E-state index >= 15 is 0 Å². The number of carbonyl (C=O) groups excluding carboxylic acids is 1. The van der Waals surface area contributed by atoms with Crippen LogP contribution in [0, 0.1) is 13.8 Å². The molecule has 1 aromatic heterocycles. The van der Waals surface area contributed by atoms with Gasteiger partial charge in [-0.3, -0.25) is 4.79 Å². The number of ether oxygens (including phenoxy) is 1. The van der Waals surface area contributed by atoms with Gasteiger partial charge in [-0.25, -0.2) is 0 Å². The largest absolute Gasteiger partial charge is 0.485 e. The SMILES string of the molecule is Cc1ccc(OCc2ccc(C(=O)N3CC(O)CC3CO)o2)c(C)c1. The van der Waals surface area contributed by atoms with Crippen LogP contribution in [0.15, 0.2) is 34.7 Å². The summed E-state index contributed by atoms with van der Waals surface area (Å²) in [6.45, 7) is 4.26. The Labute approximate surface area is 146 Å². The molecular weight excluding hydrogens is 322 g/mol. The van der Waals surface area contributed by atoms with Crippen LogP contribution in [0.5, 0.6) is 5.75 Å². The summed E-state index contributed by atoms with van der Waals surface area (Å²) in [5.41, 5.74) is 2.21. The highest BCUT2D eigenvalue weighted by molar-refractivity contribution is 5.92. The lowest BCUT2D eigenvalue weighted by Gasteiger charge is -2.21. The molecule has 0 radical (unpaired) electrons. The van der Waals surface area contributed by atoms with Gasteiger partial charge < -0.3 is 24.3 Å². The van der Waals surface area contributed by atoms with Gasteiger partial charge in [-0.2, -0.15) is 0 Å². The number of benzene rings is 1. The van der Waals surface area contributed by atoms with Gasteiger partial charge in [0.25, 0.3) is 5.91 Å². The summed E-state index contributed by atoms with van der Waals surface area (Å²) in [5, 5.41) is 19.1. The molecule has 2 unspecified atom stereocenters. The molecule has 2 N–H and O–H groups in total. The van der Waals surface area contributed by atoms with Crippen molar-refractivity contribution in [3.63, 3.8) is 0 Å². The fraction of sp³-hybridized carbons (Fsp3) is 0.421. The molecule has 134 valence electrons. The van der Waals surface area contributed by atoms with Crippen molar-refractivity contribution < 1.29 is 24.2 Å². The second-order valence-corrected chi connectivity index (χ2v) is 6.51. The maximum Gasteiger partial charge on any atom is 0.289 e. The molecule has 1 aromatic carbocycles. The summed E-state index contributed by atoms with van der Waals surface area (Å²) in [6, 6.07) is 8.87. The average Bonchev–Trinajstić information content (AvgIpc) is 3.19. The molecule has 0 bridgehead atoms. The normalized spacial score (nSPS) is 20.1. The standard InChI is InChI=1S/C19H23NO5/c1-12-3-5-17(13(2)7-12)24-11-16-4-6-18(25-16)19(23)20-9-15(22)8-14(20)10-21/h3-7,14-15,21-22H,8-11H2,1-2H3. The van der Waals surface area contributed by atoms with Crippen LogP contribution < -0.4 is 4.74 Å². The number of aliphatic hydroxyl groups excluding tert-OH is 2. The molecule has 1 fully saturated rings. The summed E-state index contributed by atoms with van der Waals surface area (Å²) < 4.78 is 11.3. The lowest BCUT2D eigenvalue weighted by atomic mass is 10.1. The van der Waals surface area contributed by atoms with Gasteiger partial charge in [0.15, 0.2) is 5.76 Å². The van der Waals surface area contributed by atoms with Crippen LogP contribution in [0.1, 0.15) is 33.9 Å². The molecule has 2 atom stereocenters. The Bertz CT molecular complexity index is 754. The number of carbonyl (C=O) groups is 1. The van der Waals surface area contributed by atoms with Crippen LogP contribution in [-0.2, 0) is 6.61 Å². The lowest BCUT2D eigenvalue weighted by Crippen LogP contribution is -2.37. The number of aliphatic hydroxyl groups is 2. The Morgan fingerprint density at radius 2 is 2.12 bits per heavy atom. The van der Waals surface area contributed by atoms with E-state index in [4.69, 9.17) is 9.15 Å². The maximum atomic E-state index is 12.5. The van der Waals surface area contributed by atoms with Crippen molar-refractivity contribution in [1.29, 1.82) is 0 Å². The van der Waals surface area contributed by atoms with Gasteiger partial charge in [0.1, 0.15) is 18.1 Å². The molecule has 2 aromatic rings. The Kier molecular flexibility index (Phi) is 5.11. The van der Waals surface area contributed by atoms with Crippen molar-refractivity contribution in [1.82, 2.24) is 4.90 Å². The predicted molar refractivity (Wildman–Crippen MR) is 91.5 cm³/mol. The fourth-order valence-electron chi connectivity index (χ4n) is 3.14. The van der Waals surface area contributed by atoms with E-state index < -0.39 is 6.10 Å². The van der Waals surface area contributed by atoms with E-state index in [1.807, 2.05) is 32.0 Å². The Hall–Kier alpha value is -2.31. The third-order valence-corrected chi connectivity index (χ3v) is 4.44. The molecule has 1 amide bonds. The molecule has 1 saturated heterocycles. The van der Waals surface area contributed by atoms with Crippen molar-refractivity contribution in [2.45, 2.75) is 39.0 Å². The second-order valence-electron chi connectivity index (χ2n) is 6.51. The highest BCUT2D eigenvalue weighted by Crippen LogP contribution is 2.23. The van der Waals surface area contributed by atoms with Crippen LogP contribution in [0.3, 0.4) is 0 Å². The van der Waals surface area contributed by atoms with Crippen molar-refractivity contribution >= 4 is 5.91 Å². The van der Waals surface area contributed by atoms with E-state index in [0.717, 1.165) is 11.3 Å². The number of nitrogens with zero attached hydrogens (tertiary/aromatic N) is 1. The number of rotatable bonds is 5. The lowest BCUT2D eigenvalue weighted by molar-refractivity contribution is 0.0629. The first-order valence-corrected chi connectivity index (χ1v) is 8.36. The van der Waals surface area contributed by atoms with E-state index in [0.29, 0.717) is 12.2 Å². The van der Waals surface area contributed by atoms with Gasteiger partial charge >= 0.3 is 0 Å². The van der Waals surface area contributed by atoms with Crippen molar-refractivity contribution in [3.8, 4) is 5.75 Å². The van der Waals surface area contributed by atoms with E-state index in [1.165, 1.54) is 10.5 Å². The van der Waals surface area contributed by atoms with E-state index in [2.05, 4.69) is 0 Å². The molecule has 2 heterocycles. The topological polar surface area (TPSA) is 83.1 Å². The monoisotopic (exact) mass is 345 g/mol. The highest BCUT2D eigenvalue weighted by Gasteiger charge is 2.35. The molecule has 1 aliphatic rings. The number of amides is 1. The summed E-state index contributed by atoms with van der Waals surface area (Å²) >= 11 is 0. The van der Waals surface area contributed by atoms with Crippen LogP contribution in [-0.4, -0.2) is 46.3 Å². The second kappa shape index (κ2) is 7.29. The fourth-order valence-corrected chi connectivity index (χ4v) is 3.14. The summed E-state index contributed by atoms with van der Waals surface area (Å²) in [5.74, 6) is 1.18. The van der Waals surface area contributed by atoms with Gasteiger partial charge in [0.05, 0.1) is 18.8 Å². The number of likely N-dealkylation sites (tertiary alicyclic amines) is 1.